The molecule has 1 unspecified atom stereocenters. The lowest BCUT2D eigenvalue weighted by molar-refractivity contribution is -0.125. The number of hydrogen-bond donors (Lipinski definition) is 2. The van der Waals surface area contributed by atoms with Gasteiger partial charge in [-0.05, 0) is 35.4 Å². The molecule has 3 aromatic rings. The van der Waals surface area contributed by atoms with Crippen molar-refractivity contribution in [3.8, 4) is 0 Å². The quantitative estimate of drug-likeness (QED) is 0.697. The highest BCUT2D eigenvalue weighted by molar-refractivity contribution is 6.30. The minimum absolute atomic E-state index is 0.0584. The van der Waals surface area contributed by atoms with E-state index >= 15 is 0 Å². The second-order valence-electron chi connectivity index (χ2n) is 6.97. The third-order valence-corrected chi connectivity index (χ3v) is 5.56. The molecule has 2 amide bonds. The lowest BCUT2D eigenvalue weighted by Crippen LogP contribution is -2.43. The first kappa shape index (κ1) is 16.9. The zero-order valence-corrected chi connectivity index (χ0v) is 15.3. The van der Waals surface area contributed by atoms with Crippen LogP contribution in [0.4, 0.5) is 15.9 Å². The number of carbonyl (C=O) groups is 2. The standard InChI is InChI=1S/C20H14ClFN4O2/c21-12-3-1-11(2-4-12)10-26-18-15(9-23-26)20(8-17(27)25-18)14-6-5-13(22)7-16(14)24-19(20)28/h1-7,9H,8,10H2,(H,24,28)(H,25,27). The van der Waals surface area contributed by atoms with Crippen LogP contribution in [0.15, 0.2) is 48.7 Å². The fourth-order valence-corrected chi connectivity index (χ4v) is 4.14. The van der Waals surface area contributed by atoms with Crippen LogP contribution in [0.1, 0.15) is 23.1 Å². The van der Waals surface area contributed by atoms with Gasteiger partial charge in [0.05, 0.1) is 12.7 Å². The number of amides is 2. The summed E-state index contributed by atoms with van der Waals surface area (Å²) in [5.41, 5.74) is 1.31. The van der Waals surface area contributed by atoms with E-state index < -0.39 is 11.2 Å². The monoisotopic (exact) mass is 396 g/mol. The second-order valence-corrected chi connectivity index (χ2v) is 7.40. The number of anilines is 2. The number of fused-ring (bicyclic) bond motifs is 4. The lowest BCUT2D eigenvalue weighted by atomic mass is 9.72. The summed E-state index contributed by atoms with van der Waals surface area (Å²) in [6.07, 6.45) is 1.54. The number of halogens is 2. The first-order valence-corrected chi connectivity index (χ1v) is 9.07. The fourth-order valence-electron chi connectivity index (χ4n) is 4.01. The molecule has 0 aliphatic carbocycles. The van der Waals surface area contributed by atoms with Crippen molar-refractivity contribution in [2.24, 2.45) is 0 Å². The summed E-state index contributed by atoms with van der Waals surface area (Å²) in [4.78, 5) is 25.5. The Balaban J connectivity index is 1.64. The predicted molar refractivity (Wildman–Crippen MR) is 102 cm³/mol. The fraction of sp³-hybridized carbons (Fsp3) is 0.150. The largest absolute Gasteiger partial charge is 0.325 e. The van der Waals surface area contributed by atoms with Crippen LogP contribution in [-0.4, -0.2) is 21.6 Å². The Morgan fingerprint density at radius 1 is 1.11 bits per heavy atom. The molecule has 0 fully saturated rings. The molecule has 8 heteroatoms. The second kappa shape index (κ2) is 5.90. The molecule has 2 aliphatic rings. The van der Waals surface area contributed by atoms with E-state index in [9.17, 15) is 14.0 Å². The number of rotatable bonds is 2. The van der Waals surface area contributed by atoms with Crippen molar-refractivity contribution in [3.63, 3.8) is 0 Å². The predicted octanol–water partition coefficient (Wildman–Crippen LogP) is 3.30. The van der Waals surface area contributed by atoms with E-state index in [4.69, 9.17) is 11.6 Å². The van der Waals surface area contributed by atoms with Gasteiger partial charge in [0.1, 0.15) is 17.1 Å². The summed E-state index contributed by atoms with van der Waals surface area (Å²) in [6, 6.07) is 11.4. The van der Waals surface area contributed by atoms with Crippen molar-refractivity contribution in [1.29, 1.82) is 0 Å². The van der Waals surface area contributed by atoms with Gasteiger partial charge < -0.3 is 10.6 Å². The summed E-state index contributed by atoms with van der Waals surface area (Å²) in [6.45, 7) is 0.404. The van der Waals surface area contributed by atoms with Gasteiger partial charge in [0.2, 0.25) is 11.8 Å². The number of hydrogen-bond acceptors (Lipinski definition) is 3. The molecular formula is C20H14ClFN4O2. The molecule has 6 nitrogen and oxygen atoms in total. The topological polar surface area (TPSA) is 76.0 Å². The van der Waals surface area contributed by atoms with Crippen LogP contribution in [0.25, 0.3) is 0 Å². The molecule has 1 spiro atoms. The Hall–Kier alpha value is -3.19. The minimum Gasteiger partial charge on any atom is -0.325 e. The van der Waals surface area contributed by atoms with Gasteiger partial charge in [-0.3, -0.25) is 9.59 Å². The molecule has 1 atom stereocenters. The number of benzene rings is 2. The molecule has 0 saturated heterocycles. The van der Waals surface area contributed by atoms with E-state index in [1.165, 1.54) is 12.1 Å². The van der Waals surface area contributed by atoms with Crippen molar-refractivity contribution < 1.29 is 14.0 Å². The average Bonchev–Trinajstić information content (AvgIpc) is 3.17. The van der Waals surface area contributed by atoms with Gasteiger partial charge in [-0.1, -0.05) is 29.8 Å². The van der Waals surface area contributed by atoms with Gasteiger partial charge in [0.15, 0.2) is 0 Å². The Kier molecular flexibility index (Phi) is 3.57. The van der Waals surface area contributed by atoms with Crippen LogP contribution in [-0.2, 0) is 21.5 Å². The van der Waals surface area contributed by atoms with Crippen molar-refractivity contribution in [2.75, 3.05) is 10.6 Å². The van der Waals surface area contributed by atoms with Gasteiger partial charge >= 0.3 is 0 Å². The molecular weight excluding hydrogens is 383 g/mol. The smallest absolute Gasteiger partial charge is 0.240 e. The molecule has 140 valence electrons. The van der Waals surface area contributed by atoms with Gasteiger partial charge in [0.25, 0.3) is 0 Å². The van der Waals surface area contributed by atoms with E-state index in [0.29, 0.717) is 34.2 Å². The summed E-state index contributed by atoms with van der Waals surface area (Å²) in [5.74, 6) is -0.624. The molecule has 0 radical (unpaired) electrons. The maximum atomic E-state index is 13.6. The van der Waals surface area contributed by atoms with Crippen molar-refractivity contribution in [3.05, 3.63) is 76.2 Å². The zero-order valence-electron chi connectivity index (χ0n) is 14.5. The molecule has 2 aliphatic heterocycles. The van der Waals surface area contributed by atoms with Crippen LogP contribution < -0.4 is 10.6 Å². The summed E-state index contributed by atoms with van der Waals surface area (Å²) in [7, 11) is 0. The van der Waals surface area contributed by atoms with E-state index in [1.54, 1.807) is 29.1 Å². The first-order chi connectivity index (χ1) is 13.5. The van der Waals surface area contributed by atoms with Crippen molar-refractivity contribution >= 4 is 34.9 Å². The van der Waals surface area contributed by atoms with Crippen molar-refractivity contribution in [1.82, 2.24) is 9.78 Å². The van der Waals surface area contributed by atoms with Crippen molar-refractivity contribution in [2.45, 2.75) is 18.4 Å². The highest BCUT2D eigenvalue weighted by Crippen LogP contribution is 2.49. The molecule has 2 N–H and O–H groups in total. The van der Waals surface area contributed by atoms with E-state index in [2.05, 4.69) is 15.7 Å². The molecule has 5 rings (SSSR count). The van der Waals surface area contributed by atoms with Crippen LogP contribution in [0, 0.1) is 5.82 Å². The Morgan fingerprint density at radius 3 is 2.68 bits per heavy atom. The van der Waals surface area contributed by atoms with Gasteiger partial charge in [-0.15, -0.1) is 0 Å². The molecule has 28 heavy (non-hydrogen) atoms. The Bertz CT molecular complexity index is 1140. The van der Waals surface area contributed by atoms with E-state index in [-0.39, 0.29) is 18.2 Å². The molecule has 1 aromatic heterocycles. The summed E-state index contributed by atoms with van der Waals surface area (Å²) < 4.78 is 15.3. The molecule has 2 aromatic carbocycles. The Labute approximate surface area is 164 Å². The maximum absolute atomic E-state index is 13.6. The van der Waals surface area contributed by atoms with Crippen LogP contribution in [0.5, 0.6) is 0 Å². The third-order valence-electron chi connectivity index (χ3n) is 5.31. The van der Waals surface area contributed by atoms with Gasteiger partial charge in [-0.25, -0.2) is 9.07 Å². The van der Waals surface area contributed by atoms with Gasteiger partial charge in [0, 0.05) is 22.7 Å². The lowest BCUT2D eigenvalue weighted by Gasteiger charge is -2.31. The summed E-state index contributed by atoms with van der Waals surface area (Å²) in [5, 5.41) is 10.6. The first-order valence-electron chi connectivity index (χ1n) is 8.69. The highest BCUT2D eigenvalue weighted by atomic mass is 35.5. The van der Waals surface area contributed by atoms with Gasteiger partial charge in [-0.2, -0.15) is 5.10 Å². The van der Waals surface area contributed by atoms with Crippen LogP contribution in [0.3, 0.4) is 0 Å². The Morgan fingerprint density at radius 2 is 1.89 bits per heavy atom. The third kappa shape index (κ3) is 2.36. The average molecular weight is 397 g/mol. The normalized spacial score (nSPS) is 19.9. The summed E-state index contributed by atoms with van der Waals surface area (Å²) >= 11 is 5.93. The molecule has 3 heterocycles. The zero-order chi connectivity index (χ0) is 19.5. The molecule has 0 saturated carbocycles. The maximum Gasteiger partial charge on any atom is 0.240 e. The van der Waals surface area contributed by atoms with Crippen LogP contribution in [0.2, 0.25) is 5.02 Å². The van der Waals surface area contributed by atoms with E-state index in [0.717, 1.165) is 5.56 Å². The number of nitrogens with zero attached hydrogens (tertiary/aromatic N) is 2. The number of nitrogens with one attached hydrogen (secondary N) is 2. The minimum atomic E-state index is -1.21. The number of aromatic nitrogens is 2. The number of carbonyl (C=O) groups excluding carboxylic acids is 2. The van der Waals surface area contributed by atoms with E-state index in [1.807, 2.05) is 12.1 Å². The SMILES string of the molecule is O=C1CC2(C(=O)Nc3cc(F)ccc32)c2cnn(Cc3ccc(Cl)cc3)c2N1. The molecule has 0 bridgehead atoms. The highest BCUT2D eigenvalue weighted by Gasteiger charge is 2.54. The van der Waals surface area contributed by atoms with Crippen LogP contribution >= 0.6 is 11.6 Å².